The summed E-state index contributed by atoms with van der Waals surface area (Å²) < 4.78 is 0. The quantitative estimate of drug-likeness (QED) is 0.471. The molecule has 3 aromatic carbocycles. The second-order valence-corrected chi connectivity index (χ2v) is 8.15. The number of hydrogen-bond donors (Lipinski definition) is 2. The predicted molar refractivity (Wildman–Crippen MR) is 122 cm³/mol. The minimum Gasteiger partial charge on any atom is -0.326 e. The van der Waals surface area contributed by atoms with Gasteiger partial charge >= 0.3 is 6.03 Å². The van der Waals surface area contributed by atoms with E-state index in [-0.39, 0.29) is 18.2 Å². The molecule has 2 N–H and O–H groups in total. The first kappa shape index (κ1) is 20.6. The Hall–Kier alpha value is -4.26. The highest BCUT2D eigenvalue weighted by Crippen LogP contribution is 2.36. The van der Waals surface area contributed by atoms with Crippen molar-refractivity contribution in [3.8, 4) is 0 Å². The van der Waals surface area contributed by atoms with Crippen LogP contribution in [-0.4, -0.2) is 35.1 Å². The van der Waals surface area contributed by atoms with Crippen LogP contribution in [0.1, 0.15) is 33.5 Å². The summed E-state index contributed by atoms with van der Waals surface area (Å²) in [4.78, 5) is 52.3. The van der Waals surface area contributed by atoms with Crippen LogP contribution < -0.4 is 10.6 Å². The SMILES string of the molecule is O=C1CCc2cc(C(=O)CN3C(=O)NC(c4ccccc4)(c4ccccc4)C3=O)ccc2N1. The minimum absolute atomic E-state index is 0.0564. The Bertz CT molecular complexity index is 1230. The number of nitrogens with zero attached hydrogens (tertiary/aromatic N) is 1. The molecule has 2 heterocycles. The normalized spacial score (nSPS) is 16.7. The number of imide groups is 1. The second-order valence-electron chi connectivity index (χ2n) is 8.15. The summed E-state index contributed by atoms with van der Waals surface area (Å²) in [6.07, 6.45) is 0.894. The highest BCUT2D eigenvalue weighted by Gasteiger charge is 2.54. The number of ketones is 1. The van der Waals surface area contributed by atoms with E-state index in [4.69, 9.17) is 0 Å². The van der Waals surface area contributed by atoms with Gasteiger partial charge in [0.1, 0.15) is 0 Å². The van der Waals surface area contributed by atoms with Gasteiger partial charge in [0, 0.05) is 17.7 Å². The Labute approximate surface area is 190 Å². The summed E-state index contributed by atoms with van der Waals surface area (Å²) in [5.41, 5.74) is 1.77. The second kappa shape index (κ2) is 8.02. The summed E-state index contributed by atoms with van der Waals surface area (Å²) in [7, 11) is 0. The van der Waals surface area contributed by atoms with Crippen molar-refractivity contribution in [3.63, 3.8) is 0 Å². The Kier molecular flexibility index (Phi) is 5.01. The van der Waals surface area contributed by atoms with Crippen LogP contribution >= 0.6 is 0 Å². The van der Waals surface area contributed by atoms with Crippen LogP contribution in [0.4, 0.5) is 10.5 Å². The van der Waals surface area contributed by atoms with Gasteiger partial charge in [-0.3, -0.25) is 19.3 Å². The van der Waals surface area contributed by atoms with Crippen molar-refractivity contribution in [2.45, 2.75) is 18.4 Å². The summed E-state index contributed by atoms with van der Waals surface area (Å²) in [6, 6.07) is 22.4. The summed E-state index contributed by atoms with van der Waals surface area (Å²) in [6.45, 7) is -0.378. The standard InChI is InChI=1S/C26H21N3O4/c30-22(18-11-13-21-17(15-18)12-14-23(31)27-21)16-29-24(32)26(28-25(29)33,19-7-3-1-4-8-19)20-9-5-2-6-10-20/h1-11,13,15H,12,14,16H2,(H,27,31)(H,28,33). The zero-order valence-electron chi connectivity index (χ0n) is 17.7. The molecule has 164 valence electrons. The lowest BCUT2D eigenvalue weighted by atomic mass is 9.82. The topological polar surface area (TPSA) is 95.6 Å². The fourth-order valence-electron chi connectivity index (χ4n) is 4.45. The maximum absolute atomic E-state index is 13.7. The number of fused-ring (bicyclic) bond motifs is 1. The lowest BCUT2D eigenvalue weighted by Gasteiger charge is -2.28. The van der Waals surface area contributed by atoms with E-state index in [2.05, 4.69) is 10.6 Å². The van der Waals surface area contributed by atoms with Crippen molar-refractivity contribution in [2.24, 2.45) is 0 Å². The van der Waals surface area contributed by atoms with Crippen LogP contribution in [0.2, 0.25) is 0 Å². The number of carbonyl (C=O) groups is 4. The molecule has 1 fully saturated rings. The molecular weight excluding hydrogens is 418 g/mol. The largest absolute Gasteiger partial charge is 0.326 e. The third-order valence-electron chi connectivity index (χ3n) is 6.14. The molecule has 2 aliphatic heterocycles. The lowest BCUT2D eigenvalue weighted by Crippen LogP contribution is -2.45. The average molecular weight is 439 g/mol. The average Bonchev–Trinajstić information content (AvgIpc) is 3.10. The van der Waals surface area contributed by atoms with E-state index in [0.717, 1.165) is 10.5 Å². The van der Waals surface area contributed by atoms with Crippen LogP contribution in [0.3, 0.4) is 0 Å². The van der Waals surface area contributed by atoms with Crippen molar-refractivity contribution < 1.29 is 19.2 Å². The van der Waals surface area contributed by atoms with Gasteiger partial charge in [0.2, 0.25) is 5.91 Å². The first-order valence-electron chi connectivity index (χ1n) is 10.7. The molecule has 7 heteroatoms. The molecule has 33 heavy (non-hydrogen) atoms. The van der Waals surface area contributed by atoms with Gasteiger partial charge in [-0.1, -0.05) is 60.7 Å². The molecule has 0 aliphatic carbocycles. The first-order valence-corrected chi connectivity index (χ1v) is 10.7. The van der Waals surface area contributed by atoms with E-state index in [1.54, 1.807) is 66.7 Å². The number of nitrogens with one attached hydrogen (secondary N) is 2. The molecule has 0 saturated carbocycles. The molecule has 7 nitrogen and oxygen atoms in total. The van der Waals surface area contributed by atoms with Crippen LogP contribution in [0, 0.1) is 0 Å². The zero-order chi connectivity index (χ0) is 23.0. The van der Waals surface area contributed by atoms with E-state index in [1.807, 2.05) is 12.1 Å². The Balaban J connectivity index is 1.47. The van der Waals surface area contributed by atoms with E-state index >= 15 is 0 Å². The molecule has 1 saturated heterocycles. The summed E-state index contributed by atoms with van der Waals surface area (Å²) in [5, 5.41) is 5.63. The number of amides is 4. The molecule has 0 spiro atoms. The van der Waals surface area contributed by atoms with Crippen LogP contribution in [0.15, 0.2) is 78.9 Å². The molecule has 5 rings (SSSR count). The van der Waals surface area contributed by atoms with Crippen LogP contribution in [0.25, 0.3) is 0 Å². The van der Waals surface area contributed by atoms with E-state index < -0.39 is 17.5 Å². The zero-order valence-corrected chi connectivity index (χ0v) is 17.7. The molecule has 0 atom stereocenters. The highest BCUT2D eigenvalue weighted by molar-refractivity contribution is 6.13. The van der Waals surface area contributed by atoms with E-state index in [0.29, 0.717) is 35.2 Å². The number of anilines is 1. The summed E-state index contributed by atoms with van der Waals surface area (Å²) in [5.74, 6) is -0.905. The Morgan fingerprint density at radius 1 is 0.848 bits per heavy atom. The minimum atomic E-state index is -1.40. The maximum atomic E-state index is 13.7. The number of hydrogen-bond acceptors (Lipinski definition) is 4. The molecule has 3 aromatic rings. The van der Waals surface area contributed by atoms with Gasteiger partial charge in [0.25, 0.3) is 5.91 Å². The number of urea groups is 1. The smallest absolute Gasteiger partial charge is 0.325 e. The Morgan fingerprint density at radius 3 is 2.12 bits per heavy atom. The molecular formula is C26H21N3O4. The molecule has 0 radical (unpaired) electrons. The van der Waals surface area contributed by atoms with Crippen molar-refractivity contribution in [1.82, 2.24) is 10.2 Å². The third-order valence-corrected chi connectivity index (χ3v) is 6.14. The molecule has 4 amide bonds. The molecule has 0 unspecified atom stereocenters. The molecule has 2 aliphatic rings. The number of aryl methyl sites for hydroxylation is 1. The predicted octanol–water partition coefficient (Wildman–Crippen LogP) is 3.25. The number of carbonyl (C=O) groups excluding carboxylic acids is 4. The summed E-state index contributed by atoms with van der Waals surface area (Å²) >= 11 is 0. The molecule has 0 bridgehead atoms. The van der Waals surface area contributed by atoms with Gasteiger partial charge in [-0.2, -0.15) is 0 Å². The van der Waals surface area contributed by atoms with E-state index in [9.17, 15) is 19.2 Å². The van der Waals surface area contributed by atoms with Gasteiger partial charge in [-0.15, -0.1) is 0 Å². The number of Topliss-reactive ketones (excluding diaryl/α,β-unsaturated/α-hetero) is 1. The maximum Gasteiger partial charge on any atom is 0.325 e. The van der Waals surface area contributed by atoms with Gasteiger partial charge < -0.3 is 10.6 Å². The van der Waals surface area contributed by atoms with Crippen LogP contribution in [-0.2, 0) is 21.5 Å². The van der Waals surface area contributed by atoms with Gasteiger partial charge in [0.15, 0.2) is 11.3 Å². The van der Waals surface area contributed by atoms with Crippen molar-refractivity contribution >= 4 is 29.3 Å². The van der Waals surface area contributed by atoms with Crippen molar-refractivity contribution in [2.75, 3.05) is 11.9 Å². The lowest BCUT2D eigenvalue weighted by molar-refractivity contribution is -0.130. The molecule has 0 aromatic heterocycles. The van der Waals surface area contributed by atoms with Gasteiger partial charge in [-0.05, 0) is 41.3 Å². The first-order chi connectivity index (χ1) is 16.0. The Morgan fingerprint density at radius 2 is 1.48 bits per heavy atom. The highest BCUT2D eigenvalue weighted by atomic mass is 16.2. The van der Waals surface area contributed by atoms with Gasteiger partial charge in [0.05, 0.1) is 6.54 Å². The van der Waals surface area contributed by atoms with E-state index in [1.165, 1.54) is 0 Å². The third kappa shape index (κ3) is 3.47. The monoisotopic (exact) mass is 439 g/mol. The fourth-order valence-corrected chi connectivity index (χ4v) is 4.45. The van der Waals surface area contributed by atoms with Crippen molar-refractivity contribution in [1.29, 1.82) is 0 Å². The number of benzene rings is 3. The number of rotatable bonds is 5. The fraction of sp³-hybridized carbons (Fsp3) is 0.154. The van der Waals surface area contributed by atoms with Crippen molar-refractivity contribution in [3.05, 3.63) is 101 Å². The van der Waals surface area contributed by atoms with Crippen LogP contribution in [0.5, 0.6) is 0 Å². The van der Waals surface area contributed by atoms with Gasteiger partial charge in [-0.25, -0.2) is 4.79 Å².